The fourth-order valence-electron chi connectivity index (χ4n) is 1.86. The number of hydrogen-bond acceptors (Lipinski definition) is 2. The Kier molecular flexibility index (Phi) is 5.06. The first kappa shape index (κ1) is 16.3. The summed E-state index contributed by atoms with van der Waals surface area (Å²) in [6, 6.07) is 11.5. The summed E-state index contributed by atoms with van der Waals surface area (Å²) >= 11 is 12.0. The van der Waals surface area contributed by atoms with Crippen molar-refractivity contribution < 1.29 is 9.59 Å². The van der Waals surface area contributed by atoms with E-state index in [2.05, 4.69) is 5.32 Å². The summed E-state index contributed by atoms with van der Waals surface area (Å²) < 4.78 is 0. The molecular weight excluding hydrogens is 323 g/mol. The Labute approximate surface area is 138 Å². The lowest BCUT2D eigenvalue weighted by atomic mass is 10.1. The van der Waals surface area contributed by atoms with E-state index < -0.39 is 5.91 Å². The molecule has 2 amide bonds. The normalized spacial score (nSPS) is 10.2. The zero-order valence-corrected chi connectivity index (χ0v) is 13.6. The van der Waals surface area contributed by atoms with E-state index in [-0.39, 0.29) is 21.5 Å². The molecule has 6 heteroatoms. The van der Waals surface area contributed by atoms with Crippen LogP contribution >= 0.6 is 23.2 Å². The minimum absolute atomic E-state index is 0.105. The summed E-state index contributed by atoms with van der Waals surface area (Å²) in [5.41, 5.74) is 1.31. The third-order valence-electron chi connectivity index (χ3n) is 2.99. The first-order valence-electron chi connectivity index (χ1n) is 6.47. The number of carbonyl (C=O) groups is 2. The molecular formula is C16H14Cl2N2O2. The Morgan fingerprint density at radius 2 is 1.50 bits per heavy atom. The molecule has 1 N–H and O–H groups in total. The topological polar surface area (TPSA) is 49.4 Å². The average molecular weight is 337 g/mol. The Bertz CT molecular complexity index is 692. The zero-order valence-electron chi connectivity index (χ0n) is 12.1. The molecule has 0 radical (unpaired) electrons. The molecule has 2 rings (SSSR count). The lowest BCUT2D eigenvalue weighted by Gasteiger charge is -2.11. The van der Waals surface area contributed by atoms with Gasteiger partial charge in [0.2, 0.25) is 0 Å². The van der Waals surface area contributed by atoms with Crippen LogP contribution in [0.5, 0.6) is 0 Å². The van der Waals surface area contributed by atoms with Gasteiger partial charge in [-0.2, -0.15) is 0 Å². The predicted molar refractivity (Wildman–Crippen MR) is 88.9 cm³/mol. The second kappa shape index (κ2) is 6.81. The van der Waals surface area contributed by atoms with Crippen LogP contribution in [-0.2, 0) is 0 Å². The van der Waals surface area contributed by atoms with Gasteiger partial charge in [-0.3, -0.25) is 9.59 Å². The first-order valence-corrected chi connectivity index (χ1v) is 7.23. The standard InChI is InChI=1S/C16H14Cl2N2O2/c1-20(2)16(22)10-6-8-11(9-7-10)19-15(21)14-12(17)4-3-5-13(14)18/h3-9H,1-2H3,(H,19,21). The Morgan fingerprint density at radius 3 is 2.00 bits per heavy atom. The summed E-state index contributed by atoms with van der Waals surface area (Å²) in [5, 5.41) is 3.27. The fourth-order valence-corrected chi connectivity index (χ4v) is 2.43. The Morgan fingerprint density at radius 1 is 0.955 bits per heavy atom. The molecule has 2 aromatic rings. The van der Waals surface area contributed by atoms with E-state index in [9.17, 15) is 9.59 Å². The number of anilines is 1. The van der Waals surface area contributed by atoms with Gasteiger partial charge in [0, 0.05) is 25.3 Å². The van der Waals surface area contributed by atoms with Crippen LogP contribution in [0.25, 0.3) is 0 Å². The van der Waals surface area contributed by atoms with E-state index in [0.29, 0.717) is 11.3 Å². The van der Waals surface area contributed by atoms with Gasteiger partial charge in [-0.15, -0.1) is 0 Å². The lowest BCUT2D eigenvalue weighted by Crippen LogP contribution is -2.21. The van der Waals surface area contributed by atoms with Crippen molar-refractivity contribution in [1.29, 1.82) is 0 Å². The molecule has 22 heavy (non-hydrogen) atoms. The second-order valence-electron chi connectivity index (χ2n) is 4.83. The van der Waals surface area contributed by atoms with Crippen molar-refractivity contribution in [2.24, 2.45) is 0 Å². The maximum absolute atomic E-state index is 12.2. The smallest absolute Gasteiger partial charge is 0.258 e. The molecule has 0 heterocycles. The van der Waals surface area contributed by atoms with Crippen molar-refractivity contribution in [2.45, 2.75) is 0 Å². The van der Waals surface area contributed by atoms with E-state index >= 15 is 0 Å². The minimum atomic E-state index is -0.401. The summed E-state index contributed by atoms with van der Waals surface area (Å²) in [7, 11) is 3.36. The predicted octanol–water partition coefficient (Wildman–Crippen LogP) is 3.95. The lowest BCUT2D eigenvalue weighted by molar-refractivity contribution is 0.0827. The molecule has 0 saturated heterocycles. The molecule has 0 aromatic heterocycles. The summed E-state index contributed by atoms with van der Waals surface area (Å²) in [6.45, 7) is 0. The molecule has 0 aliphatic rings. The Balaban J connectivity index is 2.18. The van der Waals surface area contributed by atoms with E-state index in [1.165, 1.54) is 4.90 Å². The van der Waals surface area contributed by atoms with E-state index in [1.54, 1.807) is 56.6 Å². The summed E-state index contributed by atoms with van der Waals surface area (Å²) in [5.74, 6) is -0.505. The molecule has 114 valence electrons. The van der Waals surface area contributed by atoms with Gasteiger partial charge in [-0.05, 0) is 36.4 Å². The largest absolute Gasteiger partial charge is 0.345 e. The number of hydrogen-bond donors (Lipinski definition) is 1. The molecule has 2 aromatic carbocycles. The Hall–Kier alpha value is -2.04. The van der Waals surface area contributed by atoms with Gasteiger partial charge in [0.15, 0.2) is 0 Å². The summed E-state index contributed by atoms with van der Waals surface area (Å²) in [6.07, 6.45) is 0. The SMILES string of the molecule is CN(C)C(=O)c1ccc(NC(=O)c2c(Cl)cccc2Cl)cc1. The highest BCUT2D eigenvalue weighted by Crippen LogP contribution is 2.25. The number of benzene rings is 2. The molecule has 0 atom stereocenters. The van der Waals surface area contributed by atoms with E-state index in [0.717, 1.165) is 0 Å². The minimum Gasteiger partial charge on any atom is -0.345 e. The third kappa shape index (κ3) is 3.59. The molecule has 0 aliphatic carbocycles. The number of amides is 2. The molecule has 0 spiro atoms. The van der Waals surface area contributed by atoms with Crippen LogP contribution in [0.15, 0.2) is 42.5 Å². The van der Waals surface area contributed by atoms with Crippen molar-refractivity contribution in [1.82, 2.24) is 4.90 Å². The number of rotatable bonds is 3. The van der Waals surface area contributed by atoms with Gasteiger partial charge in [0.1, 0.15) is 0 Å². The number of nitrogens with zero attached hydrogens (tertiary/aromatic N) is 1. The van der Waals surface area contributed by atoms with E-state index in [4.69, 9.17) is 23.2 Å². The third-order valence-corrected chi connectivity index (χ3v) is 3.62. The molecule has 0 aliphatic heterocycles. The first-order chi connectivity index (χ1) is 10.4. The van der Waals surface area contributed by atoms with Crippen molar-refractivity contribution in [3.8, 4) is 0 Å². The molecule has 0 saturated carbocycles. The van der Waals surface area contributed by atoms with Gasteiger partial charge < -0.3 is 10.2 Å². The van der Waals surface area contributed by atoms with Crippen molar-refractivity contribution in [3.63, 3.8) is 0 Å². The molecule has 4 nitrogen and oxygen atoms in total. The second-order valence-corrected chi connectivity index (χ2v) is 5.64. The van der Waals surface area contributed by atoms with Crippen LogP contribution in [0.1, 0.15) is 20.7 Å². The van der Waals surface area contributed by atoms with Crippen molar-refractivity contribution >= 4 is 40.7 Å². The maximum Gasteiger partial charge on any atom is 0.258 e. The van der Waals surface area contributed by atoms with Gasteiger partial charge in [0.25, 0.3) is 11.8 Å². The van der Waals surface area contributed by atoms with Crippen LogP contribution < -0.4 is 5.32 Å². The molecule has 0 fully saturated rings. The zero-order chi connectivity index (χ0) is 16.3. The van der Waals surface area contributed by atoms with Crippen LogP contribution in [0.2, 0.25) is 10.0 Å². The monoisotopic (exact) mass is 336 g/mol. The maximum atomic E-state index is 12.2. The van der Waals surface area contributed by atoms with Crippen LogP contribution in [-0.4, -0.2) is 30.8 Å². The molecule has 0 unspecified atom stereocenters. The number of carbonyl (C=O) groups excluding carboxylic acids is 2. The van der Waals surface area contributed by atoms with Gasteiger partial charge in [-0.1, -0.05) is 29.3 Å². The van der Waals surface area contributed by atoms with Crippen LogP contribution in [0.4, 0.5) is 5.69 Å². The van der Waals surface area contributed by atoms with Crippen LogP contribution in [0, 0.1) is 0 Å². The quantitative estimate of drug-likeness (QED) is 0.922. The van der Waals surface area contributed by atoms with Gasteiger partial charge in [0.05, 0.1) is 15.6 Å². The highest BCUT2D eigenvalue weighted by atomic mass is 35.5. The fraction of sp³-hybridized carbons (Fsp3) is 0.125. The summed E-state index contributed by atoms with van der Waals surface area (Å²) in [4.78, 5) is 25.5. The van der Waals surface area contributed by atoms with Gasteiger partial charge >= 0.3 is 0 Å². The average Bonchev–Trinajstić information content (AvgIpc) is 2.47. The van der Waals surface area contributed by atoms with Crippen molar-refractivity contribution in [3.05, 3.63) is 63.6 Å². The van der Waals surface area contributed by atoms with Crippen molar-refractivity contribution in [2.75, 3.05) is 19.4 Å². The highest BCUT2D eigenvalue weighted by Gasteiger charge is 2.15. The van der Waals surface area contributed by atoms with Crippen LogP contribution in [0.3, 0.4) is 0 Å². The molecule has 0 bridgehead atoms. The van der Waals surface area contributed by atoms with E-state index in [1.807, 2.05) is 0 Å². The number of halogens is 2. The van der Waals surface area contributed by atoms with Gasteiger partial charge in [-0.25, -0.2) is 0 Å². The number of nitrogens with one attached hydrogen (secondary N) is 1. The highest BCUT2D eigenvalue weighted by molar-refractivity contribution is 6.40.